The van der Waals surface area contributed by atoms with Crippen molar-refractivity contribution in [2.45, 2.75) is 44.2 Å². The molecule has 0 radical (unpaired) electrons. The molecule has 0 amide bonds. The van der Waals surface area contributed by atoms with E-state index in [1.807, 2.05) is 43.3 Å². The van der Waals surface area contributed by atoms with Gasteiger partial charge in [-0.1, -0.05) is 41.9 Å². The lowest BCUT2D eigenvalue weighted by Crippen LogP contribution is -2.47. The van der Waals surface area contributed by atoms with Crippen molar-refractivity contribution in [2.24, 2.45) is 14.1 Å². The molecule has 1 aliphatic carbocycles. The molecule has 13 heteroatoms. The van der Waals surface area contributed by atoms with E-state index in [1.165, 1.54) is 23.4 Å². The monoisotopic (exact) mass is 683 g/mol. The summed E-state index contributed by atoms with van der Waals surface area (Å²) >= 11 is 7.19. The average molecular weight is 684 g/mol. The highest BCUT2D eigenvalue weighted by atomic mass is 35.5. The lowest BCUT2D eigenvalue weighted by molar-refractivity contribution is -0.0278. The Morgan fingerprint density at radius 3 is 2.65 bits per heavy atom. The van der Waals surface area contributed by atoms with Crippen molar-refractivity contribution in [1.82, 2.24) is 29.6 Å². The van der Waals surface area contributed by atoms with Gasteiger partial charge in [0.25, 0.3) is 5.56 Å². The van der Waals surface area contributed by atoms with Gasteiger partial charge in [-0.2, -0.15) is 5.10 Å². The maximum Gasteiger partial charge on any atom is 0.330 e. The van der Waals surface area contributed by atoms with Crippen molar-refractivity contribution < 1.29 is 14.6 Å². The molecule has 0 saturated carbocycles. The first kappa shape index (κ1) is 32.9. The molecule has 2 aliphatic rings. The van der Waals surface area contributed by atoms with Gasteiger partial charge >= 0.3 is 5.69 Å². The number of fused-ring (bicyclic) bond motifs is 2. The fourth-order valence-electron chi connectivity index (χ4n) is 7.09. The van der Waals surface area contributed by atoms with Crippen LogP contribution in [0.15, 0.2) is 58.3 Å². The van der Waals surface area contributed by atoms with Gasteiger partial charge in [0.2, 0.25) is 5.88 Å². The number of aromatic nitrogens is 5. The first-order chi connectivity index (χ1) is 23.7. The number of anilines is 2. The van der Waals surface area contributed by atoms with Gasteiger partial charge < -0.3 is 25.2 Å². The normalized spacial score (nSPS) is 18.9. The molecule has 1 unspecified atom stereocenters. The van der Waals surface area contributed by atoms with E-state index in [4.69, 9.17) is 26.1 Å². The standard InChI is InChI=1S/C36H38ClN7O5/c1-19-22(7-6-10-25(19)40-33-31-28(17-39-42-33)43(2)36(47)44(3)35(31)46)23-8-5-9-24(32(23)37)27-15-20-11-12-21(30(20)34(41-27)48-4)16-38-26-13-14-49-18-29(26)45/h5-10,15,17,21,26,29,38,45H,11-14,16,18H2,1-4H3,(H,40,42)/t21?,26-,29-/m1/s1. The third kappa shape index (κ3) is 5.88. The lowest BCUT2D eigenvalue weighted by Gasteiger charge is -2.29. The Balaban J connectivity index is 1.21. The minimum atomic E-state index is -0.510. The number of hydrogen-bond acceptors (Lipinski definition) is 10. The highest BCUT2D eigenvalue weighted by Crippen LogP contribution is 2.43. The third-order valence-electron chi connectivity index (χ3n) is 9.86. The summed E-state index contributed by atoms with van der Waals surface area (Å²) in [5, 5.41) is 26.3. The smallest absolute Gasteiger partial charge is 0.330 e. The molecule has 7 rings (SSSR count). The van der Waals surface area contributed by atoms with Crippen LogP contribution in [0.25, 0.3) is 33.3 Å². The SMILES string of the molecule is COc1nc(-c2cccc(-c3cccc(Nc4nncc5c4c(=O)n(C)c(=O)n5C)c3C)c2Cl)cc2c1C(CN[C@@H]1CCOC[C@H]1O)CC2. The van der Waals surface area contributed by atoms with Crippen LogP contribution in [0, 0.1) is 6.92 Å². The molecule has 4 heterocycles. The number of benzene rings is 2. The fourth-order valence-corrected chi connectivity index (χ4v) is 7.42. The van der Waals surface area contributed by atoms with E-state index < -0.39 is 17.4 Å². The largest absolute Gasteiger partial charge is 0.481 e. The zero-order chi connectivity index (χ0) is 34.4. The first-order valence-corrected chi connectivity index (χ1v) is 16.7. The third-order valence-corrected chi connectivity index (χ3v) is 10.3. The maximum atomic E-state index is 13.1. The lowest BCUT2D eigenvalue weighted by atomic mass is 9.95. The predicted octanol–water partition coefficient (Wildman–Crippen LogP) is 4.24. The van der Waals surface area contributed by atoms with Gasteiger partial charge in [0.15, 0.2) is 5.82 Å². The van der Waals surface area contributed by atoms with Crippen LogP contribution in [0.2, 0.25) is 5.02 Å². The quantitative estimate of drug-likeness (QED) is 0.217. The van der Waals surface area contributed by atoms with Gasteiger partial charge in [0.05, 0.1) is 42.3 Å². The van der Waals surface area contributed by atoms with Crippen LogP contribution in [-0.4, -0.2) is 68.4 Å². The number of pyridine rings is 1. The molecule has 3 aromatic heterocycles. The van der Waals surface area contributed by atoms with E-state index in [1.54, 1.807) is 14.2 Å². The number of rotatable bonds is 8. The summed E-state index contributed by atoms with van der Waals surface area (Å²) in [6, 6.07) is 13.8. The molecule has 3 atom stereocenters. The van der Waals surface area contributed by atoms with Gasteiger partial charge in [0, 0.05) is 61.6 Å². The summed E-state index contributed by atoms with van der Waals surface area (Å²) < 4.78 is 13.7. The van der Waals surface area contributed by atoms with Crippen molar-refractivity contribution in [2.75, 3.05) is 32.2 Å². The second-order valence-electron chi connectivity index (χ2n) is 12.7. The Morgan fingerprint density at radius 2 is 1.86 bits per heavy atom. The zero-order valence-corrected chi connectivity index (χ0v) is 28.5. The Hall–Kier alpha value is -4.62. The van der Waals surface area contributed by atoms with E-state index in [0.717, 1.165) is 63.9 Å². The van der Waals surface area contributed by atoms with E-state index in [0.29, 0.717) is 35.3 Å². The van der Waals surface area contributed by atoms with Crippen LogP contribution >= 0.6 is 11.6 Å². The van der Waals surface area contributed by atoms with E-state index in [2.05, 4.69) is 26.9 Å². The predicted molar refractivity (Wildman–Crippen MR) is 189 cm³/mol. The van der Waals surface area contributed by atoms with Crippen LogP contribution in [0.1, 0.15) is 35.4 Å². The number of aliphatic hydroxyl groups excluding tert-OH is 1. The van der Waals surface area contributed by atoms with Gasteiger partial charge in [0.1, 0.15) is 5.39 Å². The van der Waals surface area contributed by atoms with Crippen LogP contribution in [0.5, 0.6) is 5.88 Å². The Labute approximate surface area is 287 Å². The number of aryl methyl sites for hydroxylation is 2. The highest BCUT2D eigenvalue weighted by Gasteiger charge is 2.31. The molecule has 0 bridgehead atoms. The van der Waals surface area contributed by atoms with E-state index >= 15 is 0 Å². The Kier molecular flexibility index (Phi) is 8.97. The molecule has 3 N–H and O–H groups in total. The van der Waals surface area contributed by atoms with Gasteiger partial charge in [-0.25, -0.2) is 9.78 Å². The van der Waals surface area contributed by atoms with Crippen molar-refractivity contribution >= 4 is 34.0 Å². The van der Waals surface area contributed by atoms with Gasteiger partial charge in [-0.05, 0) is 55.0 Å². The summed E-state index contributed by atoms with van der Waals surface area (Å²) in [6.07, 6.45) is 3.53. The second kappa shape index (κ2) is 13.4. The minimum absolute atomic E-state index is 0.0114. The Bertz CT molecular complexity index is 2200. The fraction of sp³-hybridized carbons (Fsp3) is 0.361. The van der Waals surface area contributed by atoms with Gasteiger partial charge in [-0.3, -0.25) is 13.9 Å². The van der Waals surface area contributed by atoms with Crippen molar-refractivity contribution in [3.63, 3.8) is 0 Å². The highest BCUT2D eigenvalue weighted by molar-refractivity contribution is 6.36. The Morgan fingerprint density at radius 1 is 1.08 bits per heavy atom. The number of nitrogens with one attached hydrogen (secondary N) is 2. The molecule has 254 valence electrons. The molecular weight excluding hydrogens is 646 g/mol. The van der Waals surface area contributed by atoms with Crippen molar-refractivity contribution in [3.8, 4) is 28.3 Å². The maximum absolute atomic E-state index is 13.1. The molecule has 1 saturated heterocycles. The molecular formula is C36H38ClN7O5. The second-order valence-corrected chi connectivity index (χ2v) is 13.1. The molecule has 1 aliphatic heterocycles. The van der Waals surface area contributed by atoms with Crippen LogP contribution < -0.4 is 26.6 Å². The van der Waals surface area contributed by atoms with Gasteiger partial charge in [-0.15, -0.1) is 5.10 Å². The molecule has 1 fully saturated rings. The number of nitrogens with zero attached hydrogens (tertiary/aromatic N) is 5. The van der Waals surface area contributed by atoms with Crippen molar-refractivity contribution in [1.29, 1.82) is 0 Å². The molecule has 12 nitrogen and oxygen atoms in total. The average Bonchev–Trinajstić information content (AvgIpc) is 3.53. The van der Waals surface area contributed by atoms with Crippen molar-refractivity contribution in [3.05, 3.63) is 91.2 Å². The number of methoxy groups -OCH3 is 1. The zero-order valence-electron chi connectivity index (χ0n) is 27.8. The minimum Gasteiger partial charge on any atom is -0.481 e. The molecule has 0 spiro atoms. The summed E-state index contributed by atoms with van der Waals surface area (Å²) in [6.45, 7) is 3.70. The van der Waals surface area contributed by atoms with Crippen LogP contribution in [0.4, 0.5) is 11.5 Å². The topological polar surface area (TPSA) is 145 Å². The molecule has 2 aromatic carbocycles. The summed E-state index contributed by atoms with van der Waals surface area (Å²) in [7, 11) is 4.68. The molecule has 49 heavy (non-hydrogen) atoms. The molecule has 5 aromatic rings. The number of aliphatic hydroxyl groups is 1. The number of halogens is 1. The summed E-state index contributed by atoms with van der Waals surface area (Å²) in [4.78, 5) is 30.6. The summed E-state index contributed by atoms with van der Waals surface area (Å²) in [5.41, 5.74) is 6.59. The van der Waals surface area contributed by atoms with E-state index in [9.17, 15) is 14.7 Å². The van der Waals surface area contributed by atoms with Crippen LogP contribution in [-0.2, 0) is 25.3 Å². The number of ether oxygens (including phenoxy) is 2. The first-order valence-electron chi connectivity index (χ1n) is 16.3. The van der Waals surface area contributed by atoms with E-state index in [-0.39, 0.29) is 23.2 Å². The summed E-state index contributed by atoms with van der Waals surface area (Å²) in [5.74, 6) is 1.06. The number of hydrogen-bond donors (Lipinski definition) is 3. The van der Waals surface area contributed by atoms with Crippen LogP contribution in [0.3, 0.4) is 0 Å².